The molecule has 6 nitrogen and oxygen atoms in total. The zero-order chi connectivity index (χ0) is 18.1. The molecule has 1 unspecified atom stereocenters. The Morgan fingerprint density at radius 2 is 2.19 bits per heavy atom. The molecule has 1 aliphatic rings. The van der Waals surface area contributed by atoms with Crippen molar-refractivity contribution in [2.45, 2.75) is 26.4 Å². The molecule has 4 rings (SSSR count). The van der Waals surface area contributed by atoms with Crippen LogP contribution in [0, 0.1) is 6.92 Å². The quantitative estimate of drug-likeness (QED) is 0.760. The smallest absolute Gasteiger partial charge is 0.219 e. The maximum Gasteiger partial charge on any atom is 0.219 e. The van der Waals surface area contributed by atoms with E-state index in [1.165, 1.54) is 0 Å². The van der Waals surface area contributed by atoms with Gasteiger partial charge in [-0.3, -0.25) is 4.79 Å². The fraction of sp³-hybridized carbons (Fsp3) is 0.316. The van der Waals surface area contributed by atoms with Crippen LogP contribution in [-0.4, -0.2) is 40.0 Å². The van der Waals surface area contributed by atoms with E-state index < -0.39 is 0 Å². The summed E-state index contributed by atoms with van der Waals surface area (Å²) >= 11 is 1.61. The number of para-hydroxylation sites is 2. The summed E-state index contributed by atoms with van der Waals surface area (Å²) < 4.78 is 6.19. The number of likely N-dealkylation sites (tertiary alicyclic amines) is 1. The van der Waals surface area contributed by atoms with Crippen LogP contribution >= 0.6 is 11.3 Å². The molecule has 0 aliphatic carbocycles. The van der Waals surface area contributed by atoms with Gasteiger partial charge in [0.15, 0.2) is 0 Å². The number of hydrogen-bond donors (Lipinski definition) is 1. The van der Waals surface area contributed by atoms with Gasteiger partial charge in [0.05, 0.1) is 17.6 Å². The Hall–Kier alpha value is -2.67. The van der Waals surface area contributed by atoms with E-state index in [-0.39, 0.29) is 12.0 Å². The van der Waals surface area contributed by atoms with Gasteiger partial charge < -0.3 is 15.0 Å². The number of thiophene rings is 1. The van der Waals surface area contributed by atoms with Crippen LogP contribution in [0.3, 0.4) is 0 Å². The molecule has 134 valence electrons. The molecular weight excluding hydrogens is 348 g/mol. The fourth-order valence-corrected chi connectivity index (χ4v) is 4.09. The fourth-order valence-electron chi connectivity index (χ4n) is 3.20. The Morgan fingerprint density at radius 1 is 1.35 bits per heavy atom. The average molecular weight is 368 g/mol. The SMILES string of the molecule is CC(=O)N1CCC(Oc2ccccc2Nc2ncnc3scc(C)c23)C1. The van der Waals surface area contributed by atoms with Gasteiger partial charge in [-0.05, 0) is 30.0 Å². The molecule has 2 aromatic heterocycles. The molecule has 0 radical (unpaired) electrons. The third kappa shape index (κ3) is 3.22. The molecule has 1 aromatic carbocycles. The highest BCUT2D eigenvalue weighted by Crippen LogP contribution is 2.34. The lowest BCUT2D eigenvalue weighted by Crippen LogP contribution is -2.28. The Labute approximate surface area is 155 Å². The summed E-state index contributed by atoms with van der Waals surface area (Å²) in [6, 6.07) is 7.83. The Morgan fingerprint density at radius 3 is 3.00 bits per heavy atom. The molecule has 1 atom stereocenters. The lowest BCUT2D eigenvalue weighted by molar-refractivity contribution is -0.128. The summed E-state index contributed by atoms with van der Waals surface area (Å²) in [4.78, 5) is 23.1. The van der Waals surface area contributed by atoms with Crippen molar-refractivity contribution >= 4 is 39.0 Å². The minimum Gasteiger partial charge on any atom is -0.486 e. The maximum absolute atomic E-state index is 11.5. The van der Waals surface area contributed by atoms with Gasteiger partial charge in [-0.2, -0.15) is 0 Å². The van der Waals surface area contributed by atoms with Crippen LogP contribution in [0.1, 0.15) is 18.9 Å². The molecule has 1 aliphatic heterocycles. The van der Waals surface area contributed by atoms with Crippen molar-refractivity contribution in [2.75, 3.05) is 18.4 Å². The molecule has 1 saturated heterocycles. The summed E-state index contributed by atoms with van der Waals surface area (Å²) in [5.74, 6) is 1.64. The van der Waals surface area contributed by atoms with E-state index in [0.29, 0.717) is 6.54 Å². The number of rotatable bonds is 4. The number of nitrogens with one attached hydrogen (secondary N) is 1. The van der Waals surface area contributed by atoms with Gasteiger partial charge in [0.2, 0.25) is 5.91 Å². The Kier molecular flexibility index (Phi) is 4.46. The van der Waals surface area contributed by atoms with E-state index in [0.717, 1.165) is 46.0 Å². The first-order valence-electron chi connectivity index (χ1n) is 8.59. The van der Waals surface area contributed by atoms with Gasteiger partial charge in [-0.25, -0.2) is 9.97 Å². The van der Waals surface area contributed by atoms with E-state index >= 15 is 0 Å². The van der Waals surface area contributed by atoms with E-state index in [2.05, 4.69) is 27.6 Å². The molecule has 1 amide bonds. The van der Waals surface area contributed by atoms with E-state index in [9.17, 15) is 4.79 Å². The average Bonchev–Trinajstić information content (AvgIpc) is 3.25. The van der Waals surface area contributed by atoms with Gasteiger partial charge in [0.1, 0.15) is 28.8 Å². The first-order valence-corrected chi connectivity index (χ1v) is 9.47. The van der Waals surface area contributed by atoms with Crippen LogP contribution in [0.2, 0.25) is 0 Å². The van der Waals surface area contributed by atoms with Gasteiger partial charge in [0, 0.05) is 19.9 Å². The lowest BCUT2D eigenvalue weighted by Gasteiger charge is -2.18. The monoisotopic (exact) mass is 368 g/mol. The number of benzene rings is 1. The van der Waals surface area contributed by atoms with Crippen molar-refractivity contribution in [2.24, 2.45) is 0 Å². The largest absolute Gasteiger partial charge is 0.486 e. The minimum atomic E-state index is 0.00940. The predicted octanol–water partition coefficient (Wildman–Crippen LogP) is 3.74. The summed E-state index contributed by atoms with van der Waals surface area (Å²) in [7, 11) is 0. The number of carbonyl (C=O) groups is 1. The van der Waals surface area contributed by atoms with Crippen molar-refractivity contribution in [3.8, 4) is 5.75 Å². The van der Waals surface area contributed by atoms with E-state index in [1.807, 2.05) is 29.2 Å². The Bertz CT molecular complexity index is 956. The number of fused-ring (bicyclic) bond motifs is 1. The number of anilines is 2. The number of aromatic nitrogens is 2. The van der Waals surface area contributed by atoms with Gasteiger partial charge in [0.25, 0.3) is 0 Å². The molecule has 26 heavy (non-hydrogen) atoms. The van der Waals surface area contributed by atoms with Crippen molar-refractivity contribution in [3.63, 3.8) is 0 Å². The van der Waals surface area contributed by atoms with Gasteiger partial charge in [-0.15, -0.1) is 11.3 Å². The molecule has 1 fully saturated rings. The van der Waals surface area contributed by atoms with Gasteiger partial charge >= 0.3 is 0 Å². The number of nitrogens with zero attached hydrogens (tertiary/aromatic N) is 3. The zero-order valence-corrected chi connectivity index (χ0v) is 15.5. The van der Waals surface area contributed by atoms with Crippen molar-refractivity contribution in [3.05, 3.63) is 41.5 Å². The molecular formula is C19H20N4O2S. The third-order valence-electron chi connectivity index (χ3n) is 4.58. The first kappa shape index (κ1) is 16.8. The van der Waals surface area contributed by atoms with Crippen LogP contribution in [0.25, 0.3) is 10.2 Å². The molecule has 3 aromatic rings. The van der Waals surface area contributed by atoms with Crippen LogP contribution in [0.4, 0.5) is 11.5 Å². The highest BCUT2D eigenvalue weighted by molar-refractivity contribution is 7.17. The number of amides is 1. The zero-order valence-electron chi connectivity index (χ0n) is 14.7. The lowest BCUT2D eigenvalue weighted by atomic mass is 10.2. The second-order valence-corrected chi connectivity index (χ2v) is 7.29. The van der Waals surface area contributed by atoms with Crippen LogP contribution in [0.5, 0.6) is 5.75 Å². The summed E-state index contributed by atoms with van der Waals surface area (Å²) in [6.07, 6.45) is 2.43. The number of ether oxygens (including phenoxy) is 1. The second-order valence-electron chi connectivity index (χ2n) is 6.44. The van der Waals surface area contributed by atoms with Crippen molar-refractivity contribution in [1.29, 1.82) is 0 Å². The highest BCUT2D eigenvalue weighted by Gasteiger charge is 2.26. The van der Waals surface area contributed by atoms with E-state index in [1.54, 1.807) is 24.6 Å². The predicted molar refractivity (Wildman–Crippen MR) is 103 cm³/mol. The minimum absolute atomic E-state index is 0.00940. The summed E-state index contributed by atoms with van der Waals surface area (Å²) in [6.45, 7) is 5.04. The molecule has 1 N–H and O–H groups in total. The number of carbonyl (C=O) groups excluding carboxylic acids is 1. The van der Waals surface area contributed by atoms with Crippen LogP contribution in [-0.2, 0) is 4.79 Å². The normalized spacial score (nSPS) is 16.8. The second kappa shape index (κ2) is 6.92. The van der Waals surface area contributed by atoms with Crippen molar-refractivity contribution < 1.29 is 9.53 Å². The standard InChI is InChI=1S/C19H20N4O2S/c1-12-10-26-19-17(12)18(20-11-21-19)22-15-5-3-4-6-16(15)25-14-7-8-23(9-14)13(2)24/h3-6,10-11,14H,7-9H2,1-2H3,(H,20,21,22). The summed E-state index contributed by atoms with van der Waals surface area (Å²) in [5, 5.41) is 6.52. The first-order chi connectivity index (χ1) is 12.6. The molecule has 0 saturated carbocycles. The number of aryl methyl sites for hydroxylation is 1. The Balaban J connectivity index is 1.58. The molecule has 7 heteroatoms. The van der Waals surface area contributed by atoms with E-state index in [4.69, 9.17) is 4.74 Å². The van der Waals surface area contributed by atoms with Gasteiger partial charge in [-0.1, -0.05) is 12.1 Å². The highest BCUT2D eigenvalue weighted by atomic mass is 32.1. The summed E-state index contributed by atoms with van der Waals surface area (Å²) in [5.41, 5.74) is 2.01. The molecule has 0 spiro atoms. The van der Waals surface area contributed by atoms with Crippen LogP contribution in [0.15, 0.2) is 36.0 Å². The molecule has 0 bridgehead atoms. The van der Waals surface area contributed by atoms with Crippen LogP contribution < -0.4 is 10.1 Å². The maximum atomic E-state index is 11.5. The number of hydrogen-bond acceptors (Lipinski definition) is 6. The topological polar surface area (TPSA) is 67.3 Å². The van der Waals surface area contributed by atoms with Crippen molar-refractivity contribution in [1.82, 2.24) is 14.9 Å². The molecule has 3 heterocycles. The third-order valence-corrected chi connectivity index (χ3v) is 5.58.